The Balaban J connectivity index is 1.71. The van der Waals surface area contributed by atoms with E-state index in [2.05, 4.69) is 10.00 Å². The third-order valence-corrected chi connectivity index (χ3v) is 4.72. The van der Waals surface area contributed by atoms with Crippen molar-refractivity contribution in [2.45, 2.75) is 31.8 Å². The van der Waals surface area contributed by atoms with Crippen LogP contribution in [0.2, 0.25) is 0 Å². The summed E-state index contributed by atoms with van der Waals surface area (Å²) in [7, 11) is 1.57. The van der Waals surface area contributed by atoms with Gasteiger partial charge in [-0.1, -0.05) is 6.42 Å². The monoisotopic (exact) mass is 320 g/mol. The van der Waals surface area contributed by atoms with Gasteiger partial charge in [0.2, 0.25) is 0 Å². The lowest BCUT2D eigenvalue weighted by molar-refractivity contribution is 0.0366. The van der Waals surface area contributed by atoms with Crippen LogP contribution >= 0.6 is 0 Å². The Morgan fingerprint density at radius 2 is 2.17 bits per heavy atom. The number of amides is 1. The Labute approximate surface area is 135 Å². The normalized spacial score (nSPS) is 22.0. The molecule has 2 fully saturated rings. The first-order chi connectivity index (χ1) is 11.2. The molecular weight excluding hydrogens is 296 g/mol. The Morgan fingerprint density at radius 1 is 1.30 bits per heavy atom. The first kappa shape index (κ1) is 16.1. The van der Waals surface area contributed by atoms with Gasteiger partial charge in [0.1, 0.15) is 5.69 Å². The van der Waals surface area contributed by atoms with Gasteiger partial charge < -0.3 is 9.64 Å². The second-order valence-electron chi connectivity index (χ2n) is 6.21. The fourth-order valence-corrected chi connectivity index (χ4v) is 3.40. The molecule has 0 unspecified atom stereocenters. The largest absolute Gasteiger partial charge is 0.383 e. The predicted molar refractivity (Wildman–Crippen MR) is 85.5 cm³/mol. The van der Waals surface area contributed by atoms with E-state index in [9.17, 15) is 9.59 Å². The maximum atomic E-state index is 12.7. The first-order valence-corrected chi connectivity index (χ1v) is 8.29. The summed E-state index contributed by atoms with van der Waals surface area (Å²) in [4.78, 5) is 28.8. The zero-order valence-corrected chi connectivity index (χ0v) is 13.6. The smallest absolute Gasteiger partial charge is 0.274 e. The van der Waals surface area contributed by atoms with Crippen molar-refractivity contribution in [1.29, 1.82) is 0 Å². The van der Waals surface area contributed by atoms with Gasteiger partial charge in [-0.2, -0.15) is 5.10 Å². The number of aromatic nitrogens is 2. The van der Waals surface area contributed by atoms with Crippen LogP contribution in [-0.4, -0.2) is 71.4 Å². The molecule has 7 nitrogen and oxygen atoms in total. The minimum atomic E-state index is -0.212. The summed E-state index contributed by atoms with van der Waals surface area (Å²) in [6.45, 7) is 4.32. The fraction of sp³-hybridized carbons (Fsp3) is 0.688. The van der Waals surface area contributed by atoms with Crippen LogP contribution in [0.5, 0.6) is 0 Å². The van der Waals surface area contributed by atoms with E-state index < -0.39 is 0 Å². The van der Waals surface area contributed by atoms with Crippen LogP contribution < -0.4 is 5.56 Å². The molecule has 0 spiro atoms. The van der Waals surface area contributed by atoms with Crippen molar-refractivity contribution >= 4 is 5.91 Å². The molecule has 23 heavy (non-hydrogen) atoms. The highest BCUT2D eigenvalue weighted by atomic mass is 16.5. The zero-order chi connectivity index (χ0) is 16.2. The summed E-state index contributed by atoms with van der Waals surface area (Å²) in [6.07, 6.45) is 3.66. The zero-order valence-electron chi connectivity index (χ0n) is 13.6. The van der Waals surface area contributed by atoms with Crippen LogP contribution in [0.1, 0.15) is 29.8 Å². The van der Waals surface area contributed by atoms with Crippen molar-refractivity contribution in [3.8, 4) is 0 Å². The lowest BCUT2D eigenvalue weighted by atomic mass is 9.99. The van der Waals surface area contributed by atoms with E-state index in [1.54, 1.807) is 7.11 Å². The van der Waals surface area contributed by atoms with Gasteiger partial charge in [-0.05, 0) is 25.5 Å². The van der Waals surface area contributed by atoms with Crippen molar-refractivity contribution in [1.82, 2.24) is 19.6 Å². The first-order valence-electron chi connectivity index (χ1n) is 8.29. The third kappa shape index (κ3) is 3.61. The second kappa shape index (κ2) is 7.23. The Hall–Kier alpha value is -1.73. The number of nitrogens with zero attached hydrogens (tertiary/aromatic N) is 4. The van der Waals surface area contributed by atoms with E-state index in [0.29, 0.717) is 24.9 Å². The molecule has 3 heterocycles. The minimum absolute atomic E-state index is 0.0820. The number of rotatable bonds is 4. The summed E-state index contributed by atoms with van der Waals surface area (Å²) in [5, 5.41) is 4.21. The van der Waals surface area contributed by atoms with Crippen LogP contribution in [0.4, 0.5) is 0 Å². The van der Waals surface area contributed by atoms with Crippen LogP contribution in [0.25, 0.3) is 0 Å². The highest BCUT2D eigenvalue weighted by Crippen LogP contribution is 2.21. The van der Waals surface area contributed by atoms with Crippen molar-refractivity contribution in [2.24, 2.45) is 0 Å². The fourth-order valence-electron chi connectivity index (χ4n) is 3.40. The van der Waals surface area contributed by atoms with Crippen LogP contribution in [0.3, 0.4) is 0 Å². The molecule has 0 saturated carbocycles. The number of ether oxygens (including phenoxy) is 1. The van der Waals surface area contributed by atoms with Crippen molar-refractivity contribution in [3.05, 3.63) is 28.2 Å². The molecule has 1 aromatic rings. The number of hydrogen-bond acceptors (Lipinski definition) is 5. The maximum Gasteiger partial charge on any atom is 0.274 e. The lowest BCUT2D eigenvalue weighted by Crippen LogP contribution is -2.56. The number of carbonyl (C=O) groups is 1. The summed E-state index contributed by atoms with van der Waals surface area (Å²) in [6, 6.07) is 3.41. The van der Waals surface area contributed by atoms with E-state index in [1.165, 1.54) is 29.7 Å². The van der Waals surface area contributed by atoms with E-state index in [-0.39, 0.29) is 11.5 Å². The average Bonchev–Trinajstić information content (AvgIpc) is 2.60. The summed E-state index contributed by atoms with van der Waals surface area (Å²) >= 11 is 0. The molecule has 1 aromatic heterocycles. The van der Waals surface area contributed by atoms with Crippen molar-refractivity contribution in [3.63, 3.8) is 0 Å². The molecule has 7 heteroatoms. The Bertz CT molecular complexity index is 616. The standard InChI is InChI=1S/C16H24N4O3/c1-23-11-10-20-15(21)6-5-14(17-20)16(22)19-9-8-18-7-3-2-4-13(18)12-19/h5-6,13H,2-4,7-12H2,1H3/t13-/m1/s1. The molecule has 0 N–H and O–H groups in total. The highest BCUT2D eigenvalue weighted by Gasteiger charge is 2.31. The minimum Gasteiger partial charge on any atom is -0.383 e. The summed E-state index contributed by atoms with van der Waals surface area (Å²) < 4.78 is 6.28. The summed E-state index contributed by atoms with van der Waals surface area (Å²) in [5.41, 5.74) is 0.126. The summed E-state index contributed by atoms with van der Waals surface area (Å²) in [5.74, 6) is -0.0820. The number of piperidine rings is 1. The molecule has 0 radical (unpaired) electrons. The number of carbonyl (C=O) groups excluding carboxylic acids is 1. The van der Waals surface area contributed by atoms with E-state index in [0.717, 1.165) is 32.6 Å². The molecule has 2 saturated heterocycles. The van der Waals surface area contributed by atoms with Crippen LogP contribution in [0.15, 0.2) is 16.9 Å². The van der Waals surface area contributed by atoms with Gasteiger partial charge in [0.25, 0.3) is 11.5 Å². The van der Waals surface area contributed by atoms with Gasteiger partial charge in [-0.25, -0.2) is 4.68 Å². The predicted octanol–water partition coefficient (Wildman–Crippen LogP) is 0.200. The van der Waals surface area contributed by atoms with Gasteiger partial charge in [-0.3, -0.25) is 14.5 Å². The topological polar surface area (TPSA) is 67.7 Å². The molecule has 0 aromatic carbocycles. The molecule has 0 aliphatic carbocycles. The number of hydrogen-bond donors (Lipinski definition) is 0. The SMILES string of the molecule is COCCn1nc(C(=O)N2CCN3CCCC[C@@H]3C2)ccc1=O. The third-order valence-electron chi connectivity index (χ3n) is 4.72. The van der Waals surface area contributed by atoms with E-state index in [4.69, 9.17) is 4.74 Å². The van der Waals surface area contributed by atoms with Gasteiger partial charge in [0.15, 0.2) is 0 Å². The van der Waals surface area contributed by atoms with Crippen molar-refractivity contribution < 1.29 is 9.53 Å². The molecule has 2 aliphatic heterocycles. The highest BCUT2D eigenvalue weighted by molar-refractivity contribution is 5.92. The number of fused-ring (bicyclic) bond motifs is 1. The van der Waals surface area contributed by atoms with Crippen LogP contribution in [0, 0.1) is 0 Å². The molecule has 1 amide bonds. The molecule has 1 atom stereocenters. The van der Waals surface area contributed by atoms with Gasteiger partial charge in [0, 0.05) is 38.9 Å². The molecule has 126 valence electrons. The lowest BCUT2D eigenvalue weighted by Gasteiger charge is -2.43. The molecule has 3 rings (SSSR count). The second-order valence-corrected chi connectivity index (χ2v) is 6.21. The Morgan fingerprint density at radius 3 is 3.00 bits per heavy atom. The molecular formula is C16H24N4O3. The molecule has 2 aliphatic rings. The van der Waals surface area contributed by atoms with E-state index in [1.807, 2.05) is 4.90 Å². The van der Waals surface area contributed by atoms with Gasteiger partial charge in [0.05, 0.1) is 13.2 Å². The van der Waals surface area contributed by atoms with Gasteiger partial charge in [-0.15, -0.1) is 0 Å². The number of piperazine rings is 1. The van der Waals surface area contributed by atoms with Crippen LogP contribution in [-0.2, 0) is 11.3 Å². The quantitative estimate of drug-likeness (QED) is 0.793. The van der Waals surface area contributed by atoms with Gasteiger partial charge >= 0.3 is 0 Å². The molecule has 0 bridgehead atoms. The average molecular weight is 320 g/mol. The van der Waals surface area contributed by atoms with Crippen molar-refractivity contribution in [2.75, 3.05) is 39.9 Å². The maximum absolute atomic E-state index is 12.7. The Kier molecular flexibility index (Phi) is 5.07. The number of methoxy groups -OCH3 is 1. The van der Waals surface area contributed by atoms with E-state index >= 15 is 0 Å².